The zero-order valence-electron chi connectivity index (χ0n) is 35.4. The molecule has 1 nitrogen and oxygen atoms in total. The van der Waals surface area contributed by atoms with E-state index < -0.39 is 0 Å². The van der Waals surface area contributed by atoms with Crippen molar-refractivity contribution in [1.29, 1.82) is 0 Å². The van der Waals surface area contributed by atoms with E-state index in [1.54, 1.807) is 0 Å². The number of benzene rings is 9. The summed E-state index contributed by atoms with van der Waals surface area (Å²) in [5.74, 6) is 0.484. The van der Waals surface area contributed by atoms with E-state index in [1.807, 2.05) is 12.3 Å². The molecule has 0 saturated heterocycles. The number of hydrogen-bond donors (Lipinski definition) is 0. The molecule has 11 aromatic carbocycles. The van der Waals surface area contributed by atoms with Crippen molar-refractivity contribution >= 4 is 91.8 Å². The highest BCUT2D eigenvalue weighted by atomic mass is 14.7. The standard InChI is InChI=1S/C61H43N/c1-34-15-12-16-35(2)52(34)40-26-27-42-47(32-40)43-23-14-24-44-55(43)48(42)33-50-54(38-19-6-5-7-20-38)59-46-29-28-45(53-36(3)17-13-18-37(53)4)56-41-22-9-8-21-39(41)31-49(57(46)56)60(59)61(58(44)50)51-25-10-11-30-62-51/h5-15,17-33,35H,16H2,1-4H3. The van der Waals surface area contributed by atoms with Gasteiger partial charge in [-0.2, -0.15) is 0 Å². The molecule has 0 spiro atoms. The Hall–Kier alpha value is -7.35. The summed E-state index contributed by atoms with van der Waals surface area (Å²) in [6.07, 6.45) is 7.67. The molecule has 0 N–H and O–H groups in total. The third kappa shape index (κ3) is 4.77. The third-order valence-electron chi connectivity index (χ3n) is 14.4. The first-order valence-corrected chi connectivity index (χ1v) is 22.1. The van der Waals surface area contributed by atoms with Crippen LogP contribution in [0.15, 0.2) is 176 Å². The minimum Gasteiger partial charge on any atom is -0.256 e. The fraction of sp³-hybridized carbons (Fsp3) is 0.0984. The summed E-state index contributed by atoms with van der Waals surface area (Å²) in [4.78, 5) is 5.23. The van der Waals surface area contributed by atoms with Gasteiger partial charge in [0.2, 0.25) is 0 Å². The van der Waals surface area contributed by atoms with Gasteiger partial charge in [-0.15, -0.1) is 0 Å². The molecule has 62 heavy (non-hydrogen) atoms. The Labute approximate surface area is 360 Å². The molecule has 1 aromatic heterocycles. The van der Waals surface area contributed by atoms with E-state index in [9.17, 15) is 0 Å². The smallest absolute Gasteiger partial charge is 0.0714 e. The van der Waals surface area contributed by atoms with E-state index in [2.05, 4.69) is 185 Å². The van der Waals surface area contributed by atoms with E-state index in [-0.39, 0.29) is 0 Å². The highest BCUT2D eigenvalue weighted by molar-refractivity contribution is 6.46. The number of allylic oxidation sites excluding steroid dienone is 4. The summed E-state index contributed by atoms with van der Waals surface area (Å²) < 4.78 is 0. The monoisotopic (exact) mass is 789 g/mol. The van der Waals surface area contributed by atoms with Gasteiger partial charge < -0.3 is 0 Å². The van der Waals surface area contributed by atoms with Crippen LogP contribution in [0.2, 0.25) is 0 Å². The van der Waals surface area contributed by atoms with Crippen molar-refractivity contribution < 1.29 is 0 Å². The van der Waals surface area contributed by atoms with Crippen molar-refractivity contribution in [2.45, 2.75) is 34.1 Å². The Morgan fingerprint density at radius 1 is 0.435 bits per heavy atom. The molecule has 0 fully saturated rings. The summed E-state index contributed by atoms with van der Waals surface area (Å²) in [6, 6.07) is 57.4. The maximum atomic E-state index is 5.23. The highest BCUT2D eigenvalue weighted by Gasteiger charge is 2.29. The molecule has 0 radical (unpaired) electrons. The molecule has 0 amide bonds. The molecule has 1 unspecified atom stereocenters. The lowest BCUT2D eigenvalue weighted by Gasteiger charge is -2.21. The molecule has 292 valence electrons. The van der Waals surface area contributed by atoms with Gasteiger partial charge in [-0.05, 0) is 189 Å². The van der Waals surface area contributed by atoms with Crippen molar-refractivity contribution in [3.63, 3.8) is 0 Å². The molecule has 0 saturated carbocycles. The van der Waals surface area contributed by atoms with Gasteiger partial charge in [-0.1, -0.05) is 140 Å². The van der Waals surface area contributed by atoms with E-state index in [0.717, 1.165) is 12.1 Å². The minimum atomic E-state index is 0.484. The van der Waals surface area contributed by atoms with Crippen LogP contribution < -0.4 is 0 Å². The number of hydrogen-bond acceptors (Lipinski definition) is 1. The maximum absolute atomic E-state index is 5.23. The minimum absolute atomic E-state index is 0.484. The predicted molar refractivity (Wildman–Crippen MR) is 268 cm³/mol. The molecular weight excluding hydrogens is 747 g/mol. The highest BCUT2D eigenvalue weighted by Crippen LogP contribution is 2.56. The first-order chi connectivity index (χ1) is 30.5. The summed E-state index contributed by atoms with van der Waals surface area (Å²) in [5.41, 5.74) is 14.1. The molecule has 13 rings (SSSR count). The Morgan fingerprint density at radius 2 is 1.16 bits per heavy atom. The van der Waals surface area contributed by atoms with Gasteiger partial charge >= 0.3 is 0 Å². The maximum Gasteiger partial charge on any atom is 0.0714 e. The average Bonchev–Trinajstić information content (AvgIpc) is 3.79. The van der Waals surface area contributed by atoms with Gasteiger partial charge in [0.05, 0.1) is 5.69 Å². The van der Waals surface area contributed by atoms with Crippen LogP contribution in [0.3, 0.4) is 0 Å². The van der Waals surface area contributed by atoms with Gasteiger partial charge in [-0.3, -0.25) is 4.98 Å². The van der Waals surface area contributed by atoms with Gasteiger partial charge in [0.15, 0.2) is 0 Å². The lowest BCUT2D eigenvalue weighted by molar-refractivity contribution is 0.752. The number of fused-ring (bicyclic) bond motifs is 10. The Bertz CT molecular complexity index is 3880. The summed E-state index contributed by atoms with van der Waals surface area (Å²) in [5, 5.41) is 20.8. The van der Waals surface area contributed by atoms with Crippen molar-refractivity contribution in [3.05, 3.63) is 192 Å². The zero-order chi connectivity index (χ0) is 41.4. The Kier molecular flexibility index (Phi) is 7.47. The fourth-order valence-corrected chi connectivity index (χ4v) is 11.9. The predicted octanol–water partition coefficient (Wildman–Crippen LogP) is 17.2. The lowest BCUT2D eigenvalue weighted by atomic mass is 9.84. The Balaban J connectivity index is 1.29. The first kappa shape index (κ1) is 35.4. The van der Waals surface area contributed by atoms with Crippen molar-refractivity contribution in [2.24, 2.45) is 5.92 Å². The molecule has 12 aromatic rings. The molecule has 1 heterocycles. The number of nitrogens with zero attached hydrogens (tertiary/aromatic N) is 1. The summed E-state index contributed by atoms with van der Waals surface area (Å²) in [7, 11) is 0. The Morgan fingerprint density at radius 3 is 1.98 bits per heavy atom. The van der Waals surface area contributed by atoms with Gasteiger partial charge in [0.1, 0.15) is 0 Å². The van der Waals surface area contributed by atoms with Gasteiger partial charge in [0, 0.05) is 22.5 Å². The quantitative estimate of drug-likeness (QED) is 0.162. The number of rotatable bonds is 4. The SMILES string of the molecule is CC1=C(c2ccc3c(c2)c2cccc4c5c(-c6ccccn6)c6c7cc8ccccc8c8c(-c9c(C)cccc9C)ccc(c6c(-c6ccccc6)c5cc3c24)c78)C(C)CC=C1. The lowest BCUT2D eigenvalue weighted by Crippen LogP contribution is -2.03. The summed E-state index contributed by atoms with van der Waals surface area (Å²) in [6.45, 7) is 9.15. The topological polar surface area (TPSA) is 12.9 Å². The fourth-order valence-electron chi connectivity index (χ4n) is 11.9. The van der Waals surface area contributed by atoms with Crippen LogP contribution in [0.1, 0.15) is 37.0 Å². The van der Waals surface area contributed by atoms with E-state index >= 15 is 0 Å². The van der Waals surface area contributed by atoms with Crippen molar-refractivity contribution in [1.82, 2.24) is 4.98 Å². The average molecular weight is 790 g/mol. The molecule has 0 bridgehead atoms. The van der Waals surface area contributed by atoms with Crippen LogP contribution in [-0.4, -0.2) is 4.98 Å². The molecule has 1 aliphatic carbocycles. The zero-order valence-corrected chi connectivity index (χ0v) is 35.4. The number of aromatic nitrogens is 1. The van der Waals surface area contributed by atoms with Crippen molar-refractivity contribution in [2.75, 3.05) is 0 Å². The van der Waals surface area contributed by atoms with Gasteiger partial charge in [0.25, 0.3) is 0 Å². The van der Waals surface area contributed by atoms with E-state index in [0.29, 0.717) is 5.92 Å². The number of aryl methyl sites for hydroxylation is 2. The van der Waals surface area contributed by atoms with Crippen molar-refractivity contribution in [3.8, 4) is 33.5 Å². The first-order valence-electron chi connectivity index (χ1n) is 22.1. The van der Waals surface area contributed by atoms with E-state index in [1.165, 1.54) is 142 Å². The van der Waals surface area contributed by atoms with Crippen LogP contribution in [0.5, 0.6) is 0 Å². The van der Waals surface area contributed by atoms with E-state index in [4.69, 9.17) is 4.98 Å². The summed E-state index contributed by atoms with van der Waals surface area (Å²) >= 11 is 0. The van der Waals surface area contributed by atoms with Gasteiger partial charge in [-0.25, -0.2) is 0 Å². The molecule has 1 atom stereocenters. The largest absolute Gasteiger partial charge is 0.256 e. The van der Waals surface area contributed by atoms with Crippen LogP contribution in [0, 0.1) is 19.8 Å². The molecule has 0 aliphatic heterocycles. The van der Waals surface area contributed by atoms with Crippen LogP contribution in [0.4, 0.5) is 0 Å². The third-order valence-corrected chi connectivity index (χ3v) is 14.4. The second kappa shape index (κ2) is 13.1. The van der Waals surface area contributed by atoms with Crippen LogP contribution >= 0.6 is 0 Å². The molecular formula is C61H43N. The van der Waals surface area contributed by atoms with Crippen LogP contribution in [-0.2, 0) is 0 Å². The van der Waals surface area contributed by atoms with Crippen LogP contribution in [0.25, 0.3) is 125 Å². The second-order valence-corrected chi connectivity index (χ2v) is 17.9. The molecule has 1 heteroatoms. The second-order valence-electron chi connectivity index (χ2n) is 17.9. The normalized spacial score (nSPS) is 14.7. The molecule has 1 aliphatic rings. The number of pyridine rings is 1.